The van der Waals surface area contributed by atoms with Gasteiger partial charge in [0.2, 0.25) is 0 Å². The van der Waals surface area contributed by atoms with Crippen molar-refractivity contribution in [3.8, 4) is 11.8 Å². The summed E-state index contributed by atoms with van der Waals surface area (Å²) in [5, 5.41) is 17.4. The molecule has 0 amide bonds. The maximum absolute atomic E-state index is 12.6. The van der Waals surface area contributed by atoms with E-state index < -0.39 is 0 Å². The molecule has 0 atom stereocenters. The zero-order valence-electron chi connectivity index (χ0n) is 16.4. The molecule has 2 aromatic rings. The van der Waals surface area contributed by atoms with Crippen molar-refractivity contribution in [1.29, 1.82) is 5.26 Å². The van der Waals surface area contributed by atoms with Crippen LogP contribution < -0.4 is 5.32 Å². The van der Waals surface area contributed by atoms with E-state index in [9.17, 15) is 10.1 Å². The van der Waals surface area contributed by atoms with Crippen molar-refractivity contribution in [1.82, 2.24) is 9.78 Å². The first-order chi connectivity index (χ1) is 12.9. The quantitative estimate of drug-likeness (QED) is 0.789. The fraction of sp³-hybridized carbons (Fsp3) is 0.476. The molecule has 0 fully saturated rings. The molecule has 0 unspecified atom stereocenters. The van der Waals surface area contributed by atoms with Crippen molar-refractivity contribution >= 4 is 11.5 Å². The van der Waals surface area contributed by atoms with Crippen molar-refractivity contribution in [3.05, 3.63) is 40.7 Å². The lowest BCUT2D eigenvalue weighted by Gasteiger charge is -2.29. The number of nitrogens with one attached hydrogen (secondary N) is 1. The number of rotatable bonds is 6. The minimum absolute atomic E-state index is 0.0812. The Hall–Kier alpha value is -2.65. The Kier molecular flexibility index (Phi) is 5.33. The van der Waals surface area contributed by atoms with Crippen LogP contribution in [0.2, 0.25) is 0 Å². The van der Waals surface area contributed by atoms with Gasteiger partial charge in [-0.3, -0.25) is 4.79 Å². The smallest absolute Gasteiger partial charge is 0.167 e. The highest BCUT2D eigenvalue weighted by molar-refractivity contribution is 5.99. The van der Waals surface area contributed by atoms with Crippen molar-refractivity contribution in [3.63, 3.8) is 0 Å². The van der Waals surface area contributed by atoms with Gasteiger partial charge in [0.05, 0.1) is 33.9 Å². The summed E-state index contributed by atoms with van der Waals surface area (Å²) in [5.74, 6) is 0.163. The topological polar surface area (TPSA) is 79.9 Å². The Morgan fingerprint density at radius 2 is 2.15 bits per heavy atom. The largest absolute Gasteiger partial charge is 0.385 e. The number of aryl methyl sites for hydroxylation is 1. The van der Waals surface area contributed by atoms with Crippen LogP contribution in [-0.4, -0.2) is 35.8 Å². The van der Waals surface area contributed by atoms with Gasteiger partial charge in [0.25, 0.3) is 0 Å². The van der Waals surface area contributed by atoms with Crippen molar-refractivity contribution < 1.29 is 9.53 Å². The summed E-state index contributed by atoms with van der Waals surface area (Å²) in [6, 6.07) is 7.85. The third-order valence-corrected chi connectivity index (χ3v) is 4.93. The van der Waals surface area contributed by atoms with Gasteiger partial charge in [0, 0.05) is 26.7 Å². The predicted molar refractivity (Wildman–Crippen MR) is 104 cm³/mol. The highest BCUT2D eigenvalue weighted by Crippen LogP contribution is 2.37. The Bertz CT molecular complexity index is 906. The number of hydrogen-bond acceptors (Lipinski definition) is 5. The van der Waals surface area contributed by atoms with E-state index >= 15 is 0 Å². The minimum Gasteiger partial charge on any atom is -0.385 e. The monoisotopic (exact) mass is 366 g/mol. The van der Waals surface area contributed by atoms with E-state index in [1.54, 1.807) is 13.2 Å². The number of benzene rings is 1. The van der Waals surface area contributed by atoms with Crippen LogP contribution in [0.3, 0.4) is 0 Å². The Morgan fingerprint density at radius 1 is 1.37 bits per heavy atom. The molecular weight excluding hydrogens is 340 g/mol. The van der Waals surface area contributed by atoms with Crippen molar-refractivity contribution in [2.45, 2.75) is 40.0 Å². The Labute approximate surface area is 160 Å². The highest BCUT2D eigenvalue weighted by atomic mass is 16.5. The third-order valence-electron chi connectivity index (χ3n) is 4.93. The molecule has 0 saturated heterocycles. The minimum atomic E-state index is -0.0812. The van der Waals surface area contributed by atoms with Crippen LogP contribution in [-0.2, 0) is 11.2 Å². The molecule has 1 aromatic heterocycles. The second kappa shape index (κ2) is 7.53. The number of nitriles is 1. The molecule has 142 valence electrons. The fourth-order valence-electron chi connectivity index (χ4n) is 3.70. The van der Waals surface area contributed by atoms with E-state index in [1.807, 2.05) is 23.7 Å². The van der Waals surface area contributed by atoms with E-state index in [0.29, 0.717) is 25.1 Å². The zero-order valence-corrected chi connectivity index (χ0v) is 16.4. The second-order valence-electron chi connectivity index (χ2n) is 7.87. The molecule has 1 aromatic carbocycles. The summed E-state index contributed by atoms with van der Waals surface area (Å²) in [5.41, 5.74) is 4.63. The summed E-state index contributed by atoms with van der Waals surface area (Å²) in [6.07, 6.45) is 2.20. The first-order valence-corrected chi connectivity index (χ1v) is 9.25. The second-order valence-corrected chi connectivity index (χ2v) is 7.87. The van der Waals surface area contributed by atoms with Gasteiger partial charge in [-0.15, -0.1) is 0 Å². The lowest BCUT2D eigenvalue weighted by molar-refractivity contribution is 0.0910. The molecule has 0 spiro atoms. The summed E-state index contributed by atoms with van der Waals surface area (Å²) in [4.78, 5) is 12.6. The first-order valence-electron chi connectivity index (χ1n) is 9.25. The van der Waals surface area contributed by atoms with Crippen LogP contribution in [0.1, 0.15) is 54.0 Å². The molecular formula is C21H26N4O2. The standard InChI is InChI=1S/C21H26N4O2/c1-14-20-18(11-21(2,3)12-19(20)26)25(24-14)16-7-6-15(13-22)17(10-16)23-8-5-9-27-4/h6-7,10,23H,5,8-9,11-12H2,1-4H3. The predicted octanol–water partition coefficient (Wildman–Crippen LogP) is 3.66. The molecule has 0 aliphatic heterocycles. The van der Waals surface area contributed by atoms with E-state index in [4.69, 9.17) is 4.74 Å². The number of fused-ring (bicyclic) bond motifs is 1. The molecule has 1 aliphatic rings. The third kappa shape index (κ3) is 3.88. The summed E-state index contributed by atoms with van der Waals surface area (Å²) in [7, 11) is 1.67. The first kappa shape index (κ1) is 19.1. The van der Waals surface area contributed by atoms with E-state index in [-0.39, 0.29) is 11.2 Å². The normalized spacial score (nSPS) is 15.3. The number of nitrogens with zero attached hydrogens (tertiary/aromatic N) is 3. The van der Waals surface area contributed by atoms with E-state index in [1.165, 1.54) is 0 Å². The highest BCUT2D eigenvalue weighted by Gasteiger charge is 2.35. The Balaban J connectivity index is 1.99. The molecule has 0 saturated carbocycles. The van der Waals surface area contributed by atoms with Gasteiger partial charge in [-0.05, 0) is 43.4 Å². The van der Waals surface area contributed by atoms with Gasteiger partial charge in [-0.1, -0.05) is 13.8 Å². The van der Waals surface area contributed by atoms with Gasteiger partial charge in [-0.25, -0.2) is 4.68 Å². The maximum Gasteiger partial charge on any atom is 0.167 e. The molecule has 1 heterocycles. The number of aromatic nitrogens is 2. The SMILES string of the molecule is COCCCNc1cc(-n2nc(C)c3c2CC(C)(C)CC3=O)ccc1C#N. The van der Waals surface area contributed by atoms with Crippen LogP contribution in [0, 0.1) is 23.7 Å². The maximum atomic E-state index is 12.6. The van der Waals surface area contributed by atoms with Crippen LogP contribution in [0.15, 0.2) is 18.2 Å². The summed E-state index contributed by atoms with van der Waals surface area (Å²) >= 11 is 0. The van der Waals surface area contributed by atoms with Crippen molar-refractivity contribution in [2.75, 3.05) is 25.6 Å². The average Bonchev–Trinajstić information content (AvgIpc) is 2.94. The van der Waals surface area contributed by atoms with E-state index in [2.05, 4.69) is 30.3 Å². The summed E-state index contributed by atoms with van der Waals surface area (Å²) < 4.78 is 6.94. The number of carbonyl (C=O) groups excluding carboxylic acids is 1. The molecule has 6 nitrogen and oxygen atoms in total. The molecule has 27 heavy (non-hydrogen) atoms. The van der Waals surface area contributed by atoms with Crippen LogP contribution in [0.4, 0.5) is 5.69 Å². The number of methoxy groups -OCH3 is 1. The molecule has 1 aliphatic carbocycles. The molecule has 6 heteroatoms. The average molecular weight is 366 g/mol. The lowest BCUT2D eigenvalue weighted by atomic mass is 9.75. The molecule has 0 radical (unpaired) electrons. The van der Waals surface area contributed by atoms with Gasteiger partial charge in [0.15, 0.2) is 5.78 Å². The van der Waals surface area contributed by atoms with Crippen molar-refractivity contribution in [2.24, 2.45) is 5.41 Å². The van der Waals surface area contributed by atoms with E-state index in [0.717, 1.165) is 41.2 Å². The Morgan fingerprint density at radius 3 is 2.85 bits per heavy atom. The van der Waals surface area contributed by atoms with Gasteiger partial charge >= 0.3 is 0 Å². The number of ether oxygens (including phenoxy) is 1. The van der Waals surface area contributed by atoms with Crippen LogP contribution in [0.5, 0.6) is 0 Å². The van der Waals surface area contributed by atoms with Gasteiger partial charge in [-0.2, -0.15) is 10.4 Å². The van der Waals surface area contributed by atoms with Crippen LogP contribution >= 0.6 is 0 Å². The van der Waals surface area contributed by atoms with Gasteiger partial charge in [0.1, 0.15) is 6.07 Å². The zero-order chi connectivity index (χ0) is 19.6. The number of hydrogen-bond donors (Lipinski definition) is 1. The van der Waals surface area contributed by atoms with Crippen LogP contribution in [0.25, 0.3) is 5.69 Å². The number of carbonyl (C=O) groups is 1. The molecule has 0 bridgehead atoms. The number of Topliss-reactive ketones (excluding diaryl/α,β-unsaturated/α-hetero) is 1. The number of ketones is 1. The van der Waals surface area contributed by atoms with Gasteiger partial charge < -0.3 is 10.1 Å². The summed E-state index contributed by atoms with van der Waals surface area (Å²) in [6.45, 7) is 7.49. The number of anilines is 1. The molecule has 3 rings (SSSR count). The molecule has 1 N–H and O–H groups in total. The lowest BCUT2D eigenvalue weighted by Crippen LogP contribution is -2.28. The fourth-order valence-corrected chi connectivity index (χ4v) is 3.70.